The molecule has 0 aliphatic rings. The summed E-state index contributed by atoms with van der Waals surface area (Å²) in [6.45, 7) is 0. The monoisotopic (exact) mass is 274 g/mol. The smallest absolute Gasteiger partial charge is 0.261 e. The normalized spacial score (nSPS) is 10.6. The van der Waals surface area contributed by atoms with E-state index >= 15 is 0 Å². The van der Waals surface area contributed by atoms with E-state index in [4.69, 9.17) is 16.1 Å². The number of nitrogens with zero attached hydrogens (tertiary/aromatic N) is 2. The lowest BCUT2D eigenvalue weighted by atomic mass is 10.2. The van der Waals surface area contributed by atoms with Crippen LogP contribution in [0, 0.1) is 5.82 Å². The fraction of sp³-hybridized carbons (Fsp3) is 0. The van der Waals surface area contributed by atoms with Gasteiger partial charge in [0.25, 0.3) is 5.89 Å². The molecular formula is C14H8ClFN2O. The molecule has 0 bridgehead atoms. The van der Waals surface area contributed by atoms with Crippen molar-refractivity contribution >= 4 is 11.6 Å². The van der Waals surface area contributed by atoms with Crippen LogP contribution in [0.2, 0.25) is 5.02 Å². The van der Waals surface area contributed by atoms with Crippen LogP contribution in [0.25, 0.3) is 22.8 Å². The number of hydrogen-bond donors (Lipinski definition) is 0. The average Bonchev–Trinajstić information content (AvgIpc) is 2.89. The minimum absolute atomic E-state index is 0.132. The van der Waals surface area contributed by atoms with E-state index in [1.165, 1.54) is 12.1 Å². The number of hydrogen-bond acceptors (Lipinski definition) is 3. The maximum atomic E-state index is 13.7. The van der Waals surface area contributed by atoms with Gasteiger partial charge in [-0.05, 0) is 18.2 Å². The number of halogens is 2. The predicted octanol–water partition coefficient (Wildman–Crippen LogP) is 4.20. The Morgan fingerprint density at radius 1 is 1.05 bits per heavy atom. The molecule has 0 spiro atoms. The zero-order valence-electron chi connectivity index (χ0n) is 9.68. The summed E-state index contributed by atoms with van der Waals surface area (Å²) in [5.41, 5.74) is 1.05. The zero-order chi connectivity index (χ0) is 13.2. The van der Waals surface area contributed by atoms with Gasteiger partial charge in [-0.2, -0.15) is 4.98 Å². The van der Waals surface area contributed by atoms with Crippen molar-refractivity contribution in [1.82, 2.24) is 10.1 Å². The quantitative estimate of drug-likeness (QED) is 0.703. The predicted molar refractivity (Wildman–Crippen MR) is 70.1 cm³/mol. The first-order chi connectivity index (χ1) is 9.24. The van der Waals surface area contributed by atoms with Crippen molar-refractivity contribution < 1.29 is 8.91 Å². The second-order valence-corrected chi connectivity index (χ2v) is 4.35. The third kappa shape index (κ3) is 2.35. The third-order valence-electron chi connectivity index (χ3n) is 2.62. The van der Waals surface area contributed by atoms with Gasteiger partial charge in [0, 0.05) is 10.6 Å². The molecule has 0 radical (unpaired) electrons. The van der Waals surface area contributed by atoms with Crippen LogP contribution in [0.5, 0.6) is 0 Å². The fourth-order valence-corrected chi connectivity index (χ4v) is 1.86. The van der Waals surface area contributed by atoms with Gasteiger partial charge in [0.2, 0.25) is 5.82 Å². The Bertz CT molecular complexity index is 712. The molecule has 5 heteroatoms. The van der Waals surface area contributed by atoms with Crippen LogP contribution in [-0.2, 0) is 0 Å². The highest BCUT2D eigenvalue weighted by Crippen LogP contribution is 2.26. The molecule has 1 aromatic heterocycles. The van der Waals surface area contributed by atoms with Crippen molar-refractivity contribution in [3.8, 4) is 22.8 Å². The molecule has 94 valence electrons. The maximum absolute atomic E-state index is 13.7. The first kappa shape index (κ1) is 11.9. The molecule has 1 heterocycles. The molecule has 0 amide bonds. The lowest BCUT2D eigenvalue weighted by Crippen LogP contribution is -1.85. The van der Waals surface area contributed by atoms with Crippen molar-refractivity contribution in [3.05, 3.63) is 59.4 Å². The van der Waals surface area contributed by atoms with Gasteiger partial charge in [-0.3, -0.25) is 0 Å². The topological polar surface area (TPSA) is 38.9 Å². The van der Waals surface area contributed by atoms with Gasteiger partial charge in [-0.1, -0.05) is 47.1 Å². The van der Waals surface area contributed by atoms with Crippen molar-refractivity contribution in [3.63, 3.8) is 0 Å². The Morgan fingerprint density at radius 3 is 2.58 bits per heavy atom. The minimum atomic E-state index is -0.490. The number of aromatic nitrogens is 2. The van der Waals surface area contributed by atoms with E-state index in [1.54, 1.807) is 6.07 Å². The summed E-state index contributed by atoms with van der Waals surface area (Å²) >= 11 is 5.70. The Morgan fingerprint density at radius 2 is 1.84 bits per heavy atom. The summed E-state index contributed by atoms with van der Waals surface area (Å²) in [5, 5.41) is 4.16. The van der Waals surface area contributed by atoms with Crippen molar-refractivity contribution in [2.45, 2.75) is 0 Å². The molecule has 19 heavy (non-hydrogen) atoms. The van der Waals surface area contributed by atoms with Gasteiger partial charge in [0.1, 0.15) is 5.82 Å². The van der Waals surface area contributed by atoms with Gasteiger partial charge >= 0.3 is 0 Å². The van der Waals surface area contributed by atoms with Crippen LogP contribution in [0.4, 0.5) is 4.39 Å². The third-order valence-corrected chi connectivity index (χ3v) is 2.85. The van der Waals surface area contributed by atoms with E-state index in [9.17, 15) is 4.39 Å². The molecular weight excluding hydrogens is 267 g/mol. The van der Waals surface area contributed by atoms with Crippen LogP contribution in [0.15, 0.2) is 53.1 Å². The van der Waals surface area contributed by atoms with Crippen LogP contribution in [-0.4, -0.2) is 10.1 Å². The molecule has 0 aliphatic heterocycles. The van der Waals surface area contributed by atoms with Crippen molar-refractivity contribution in [1.29, 1.82) is 0 Å². The maximum Gasteiger partial charge on any atom is 0.261 e. The standard InChI is InChI=1S/C14H8ClFN2O/c15-10-6-7-11(12(16)8-10)14-17-13(18-19-14)9-4-2-1-3-5-9/h1-8H. The minimum Gasteiger partial charge on any atom is -0.334 e. The van der Waals surface area contributed by atoms with Crippen LogP contribution in [0.1, 0.15) is 0 Å². The van der Waals surface area contributed by atoms with Crippen molar-refractivity contribution in [2.24, 2.45) is 0 Å². The highest BCUT2D eigenvalue weighted by molar-refractivity contribution is 6.30. The van der Waals surface area contributed by atoms with Crippen LogP contribution in [0.3, 0.4) is 0 Å². The lowest BCUT2D eigenvalue weighted by molar-refractivity contribution is 0.429. The van der Waals surface area contributed by atoms with E-state index in [0.717, 1.165) is 5.56 Å². The Hall–Kier alpha value is -2.20. The SMILES string of the molecule is Fc1cc(Cl)ccc1-c1nc(-c2ccccc2)no1. The van der Waals surface area contributed by atoms with E-state index in [1.807, 2.05) is 30.3 Å². The van der Waals surface area contributed by atoms with Gasteiger partial charge < -0.3 is 4.52 Å². The van der Waals surface area contributed by atoms with E-state index in [-0.39, 0.29) is 11.5 Å². The fourth-order valence-electron chi connectivity index (χ4n) is 1.70. The van der Waals surface area contributed by atoms with E-state index in [0.29, 0.717) is 10.8 Å². The summed E-state index contributed by atoms with van der Waals surface area (Å²) in [6.07, 6.45) is 0. The molecule has 0 saturated carbocycles. The molecule has 2 aromatic carbocycles. The molecule has 0 saturated heterocycles. The molecule has 3 aromatic rings. The first-order valence-electron chi connectivity index (χ1n) is 5.58. The molecule has 3 nitrogen and oxygen atoms in total. The van der Waals surface area contributed by atoms with Crippen LogP contribution < -0.4 is 0 Å². The molecule has 0 atom stereocenters. The second-order valence-electron chi connectivity index (χ2n) is 3.91. The Kier molecular flexibility index (Phi) is 3.01. The second kappa shape index (κ2) is 4.82. The zero-order valence-corrected chi connectivity index (χ0v) is 10.4. The Labute approximate surface area is 113 Å². The average molecular weight is 275 g/mol. The van der Waals surface area contributed by atoms with Gasteiger partial charge in [-0.15, -0.1) is 0 Å². The van der Waals surface area contributed by atoms with Gasteiger partial charge in [0.05, 0.1) is 5.56 Å². The molecule has 0 unspecified atom stereocenters. The largest absolute Gasteiger partial charge is 0.334 e. The molecule has 0 N–H and O–H groups in total. The lowest BCUT2D eigenvalue weighted by Gasteiger charge is -1.97. The summed E-state index contributed by atoms with van der Waals surface area (Å²) in [6, 6.07) is 13.6. The van der Waals surface area contributed by atoms with E-state index in [2.05, 4.69) is 10.1 Å². The first-order valence-corrected chi connectivity index (χ1v) is 5.96. The van der Waals surface area contributed by atoms with Gasteiger partial charge in [0.15, 0.2) is 0 Å². The highest BCUT2D eigenvalue weighted by Gasteiger charge is 2.14. The summed E-state index contributed by atoms with van der Waals surface area (Å²) in [4.78, 5) is 4.18. The highest BCUT2D eigenvalue weighted by atomic mass is 35.5. The molecule has 3 rings (SSSR count). The molecule has 0 aliphatic carbocycles. The summed E-state index contributed by atoms with van der Waals surface area (Å²) in [5.74, 6) is 0.0636. The number of benzene rings is 2. The van der Waals surface area contributed by atoms with E-state index < -0.39 is 5.82 Å². The van der Waals surface area contributed by atoms with Crippen molar-refractivity contribution in [2.75, 3.05) is 0 Å². The Balaban J connectivity index is 2.02. The number of rotatable bonds is 2. The summed E-state index contributed by atoms with van der Waals surface area (Å²) in [7, 11) is 0. The van der Waals surface area contributed by atoms with Gasteiger partial charge in [-0.25, -0.2) is 4.39 Å². The summed E-state index contributed by atoms with van der Waals surface area (Å²) < 4.78 is 18.8. The molecule has 0 fully saturated rings. The van der Waals surface area contributed by atoms with Crippen LogP contribution >= 0.6 is 11.6 Å².